The molecular formula is C13H17ClN2OS. The van der Waals surface area contributed by atoms with Crippen LogP contribution in [0, 0.1) is 5.92 Å². The SMILES string of the molecule is CCC(C(=O)NC(C)c1ccc(Cl)cc1)C(N)=S. The highest BCUT2D eigenvalue weighted by Gasteiger charge is 2.21. The minimum Gasteiger partial charge on any atom is -0.393 e. The number of nitrogens with two attached hydrogens (primary N) is 1. The van der Waals surface area contributed by atoms with Crippen molar-refractivity contribution in [1.82, 2.24) is 5.32 Å². The topological polar surface area (TPSA) is 55.1 Å². The molecule has 2 atom stereocenters. The van der Waals surface area contributed by atoms with Crippen LogP contribution in [0.15, 0.2) is 24.3 Å². The Hall–Kier alpha value is -1.13. The van der Waals surface area contributed by atoms with E-state index in [1.807, 2.05) is 26.0 Å². The van der Waals surface area contributed by atoms with Gasteiger partial charge in [-0.1, -0.05) is 42.9 Å². The second-order valence-electron chi connectivity index (χ2n) is 4.15. The van der Waals surface area contributed by atoms with Gasteiger partial charge in [0, 0.05) is 5.02 Å². The van der Waals surface area contributed by atoms with E-state index in [9.17, 15) is 4.79 Å². The van der Waals surface area contributed by atoms with Gasteiger partial charge in [-0.05, 0) is 31.0 Å². The van der Waals surface area contributed by atoms with E-state index in [0.29, 0.717) is 11.4 Å². The molecule has 0 aliphatic rings. The monoisotopic (exact) mass is 284 g/mol. The lowest BCUT2D eigenvalue weighted by molar-refractivity contribution is -0.123. The summed E-state index contributed by atoms with van der Waals surface area (Å²) in [7, 11) is 0. The van der Waals surface area contributed by atoms with Gasteiger partial charge in [-0.3, -0.25) is 4.79 Å². The number of halogens is 1. The van der Waals surface area contributed by atoms with Crippen LogP contribution in [-0.4, -0.2) is 10.9 Å². The van der Waals surface area contributed by atoms with Crippen molar-refractivity contribution in [3.8, 4) is 0 Å². The van der Waals surface area contributed by atoms with Gasteiger partial charge < -0.3 is 11.1 Å². The average Bonchev–Trinajstić information content (AvgIpc) is 2.29. The first kappa shape index (κ1) is 14.9. The van der Waals surface area contributed by atoms with Crippen molar-refractivity contribution in [1.29, 1.82) is 0 Å². The molecule has 0 saturated carbocycles. The van der Waals surface area contributed by atoms with Crippen molar-refractivity contribution in [3.05, 3.63) is 34.9 Å². The van der Waals surface area contributed by atoms with Gasteiger partial charge in [-0.2, -0.15) is 0 Å². The maximum Gasteiger partial charge on any atom is 0.230 e. The summed E-state index contributed by atoms with van der Waals surface area (Å²) in [6.45, 7) is 3.80. The Morgan fingerprint density at radius 1 is 1.44 bits per heavy atom. The quantitative estimate of drug-likeness (QED) is 0.818. The standard InChI is InChI=1S/C13H17ClN2OS/c1-3-11(12(15)18)13(17)16-8(2)9-4-6-10(14)7-5-9/h4-8,11H,3H2,1-2H3,(H2,15,18)(H,16,17). The molecule has 0 fully saturated rings. The summed E-state index contributed by atoms with van der Waals surface area (Å²) in [5, 5.41) is 3.57. The Bertz CT molecular complexity index is 433. The summed E-state index contributed by atoms with van der Waals surface area (Å²) < 4.78 is 0. The van der Waals surface area contributed by atoms with Crippen molar-refractivity contribution in [3.63, 3.8) is 0 Å². The first-order valence-electron chi connectivity index (χ1n) is 5.80. The Kier molecular flexibility index (Phi) is 5.56. The van der Waals surface area contributed by atoms with Gasteiger partial charge in [-0.15, -0.1) is 0 Å². The van der Waals surface area contributed by atoms with Gasteiger partial charge in [-0.25, -0.2) is 0 Å². The highest BCUT2D eigenvalue weighted by molar-refractivity contribution is 7.80. The van der Waals surface area contributed by atoms with Gasteiger partial charge in [0.15, 0.2) is 0 Å². The Balaban J connectivity index is 2.69. The van der Waals surface area contributed by atoms with Gasteiger partial charge in [0.25, 0.3) is 0 Å². The lowest BCUT2D eigenvalue weighted by atomic mass is 10.0. The summed E-state index contributed by atoms with van der Waals surface area (Å²) in [6.07, 6.45) is 0.606. The molecule has 1 aromatic carbocycles. The van der Waals surface area contributed by atoms with E-state index in [1.54, 1.807) is 12.1 Å². The van der Waals surface area contributed by atoms with Crippen LogP contribution >= 0.6 is 23.8 Å². The Morgan fingerprint density at radius 3 is 2.44 bits per heavy atom. The van der Waals surface area contributed by atoms with Crippen LogP contribution in [0.4, 0.5) is 0 Å². The summed E-state index contributed by atoms with van der Waals surface area (Å²) in [6, 6.07) is 7.26. The summed E-state index contributed by atoms with van der Waals surface area (Å²) >= 11 is 10.7. The zero-order valence-corrected chi connectivity index (χ0v) is 12.0. The van der Waals surface area contributed by atoms with E-state index in [0.717, 1.165) is 5.56 Å². The third kappa shape index (κ3) is 3.96. The van der Waals surface area contributed by atoms with Crippen molar-refractivity contribution < 1.29 is 4.79 Å². The fourth-order valence-electron chi connectivity index (χ4n) is 1.66. The van der Waals surface area contributed by atoms with Crippen LogP contribution < -0.4 is 11.1 Å². The van der Waals surface area contributed by atoms with E-state index >= 15 is 0 Å². The predicted octanol–water partition coefficient (Wildman–Crippen LogP) is 2.83. The minimum absolute atomic E-state index is 0.0989. The van der Waals surface area contributed by atoms with Crippen LogP contribution in [0.25, 0.3) is 0 Å². The van der Waals surface area contributed by atoms with Gasteiger partial charge in [0.2, 0.25) is 5.91 Å². The van der Waals surface area contributed by atoms with Crippen LogP contribution in [0.2, 0.25) is 5.02 Å². The largest absolute Gasteiger partial charge is 0.393 e. The maximum absolute atomic E-state index is 12.0. The normalized spacial score (nSPS) is 13.7. The van der Waals surface area contributed by atoms with Crippen LogP contribution in [0.1, 0.15) is 31.9 Å². The number of nitrogens with one attached hydrogen (secondary N) is 1. The second-order valence-corrected chi connectivity index (χ2v) is 5.05. The van der Waals surface area contributed by atoms with Crippen molar-refractivity contribution in [2.24, 2.45) is 11.7 Å². The lowest BCUT2D eigenvalue weighted by Crippen LogP contribution is -2.38. The first-order valence-corrected chi connectivity index (χ1v) is 6.59. The van der Waals surface area contributed by atoms with Gasteiger partial charge in [0.05, 0.1) is 16.9 Å². The van der Waals surface area contributed by atoms with E-state index < -0.39 is 5.92 Å². The molecule has 1 aromatic rings. The predicted molar refractivity (Wildman–Crippen MR) is 78.6 cm³/mol. The molecule has 2 unspecified atom stereocenters. The molecule has 0 radical (unpaired) electrons. The van der Waals surface area contributed by atoms with E-state index in [1.165, 1.54) is 0 Å². The molecule has 0 aliphatic heterocycles. The number of carbonyl (C=O) groups is 1. The summed E-state index contributed by atoms with van der Waals surface area (Å²) in [5.74, 6) is -0.540. The Morgan fingerprint density at radius 2 is 2.00 bits per heavy atom. The zero-order chi connectivity index (χ0) is 13.7. The number of hydrogen-bond donors (Lipinski definition) is 2. The molecule has 0 spiro atoms. The molecule has 98 valence electrons. The van der Waals surface area contributed by atoms with Gasteiger partial charge >= 0.3 is 0 Å². The molecule has 0 heterocycles. The first-order chi connectivity index (χ1) is 8.45. The molecule has 0 aliphatic carbocycles. The number of amides is 1. The number of benzene rings is 1. The summed E-state index contributed by atoms with van der Waals surface area (Å²) in [5.41, 5.74) is 6.53. The number of carbonyl (C=O) groups excluding carboxylic acids is 1. The third-order valence-electron chi connectivity index (χ3n) is 2.80. The molecule has 0 saturated heterocycles. The smallest absolute Gasteiger partial charge is 0.230 e. The van der Waals surface area contributed by atoms with E-state index in [4.69, 9.17) is 29.6 Å². The van der Waals surface area contributed by atoms with Crippen molar-refractivity contribution >= 4 is 34.7 Å². The number of hydrogen-bond acceptors (Lipinski definition) is 2. The zero-order valence-electron chi connectivity index (χ0n) is 10.4. The van der Waals surface area contributed by atoms with Crippen molar-refractivity contribution in [2.45, 2.75) is 26.3 Å². The molecule has 18 heavy (non-hydrogen) atoms. The van der Waals surface area contributed by atoms with E-state index in [-0.39, 0.29) is 16.9 Å². The molecule has 0 aromatic heterocycles. The second kappa shape index (κ2) is 6.71. The number of rotatable bonds is 5. The molecule has 3 nitrogen and oxygen atoms in total. The van der Waals surface area contributed by atoms with Crippen molar-refractivity contribution in [2.75, 3.05) is 0 Å². The fraction of sp³-hybridized carbons (Fsp3) is 0.385. The van der Waals surface area contributed by atoms with Crippen LogP contribution in [0.5, 0.6) is 0 Å². The molecule has 1 rings (SSSR count). The van der Waals surface area contributed by atoms with E-state index in [2.05, 4.69) is 5.32 Å². The minimum atomic E-state index is -0.408. The Labute approximate surface area is 118 Å². The molecular weight excluding hydrogens is 268 g/mol. The highest BCUT2D eigenvalue weighted by atomic mass is 35.5. The molecule has 1 amide bonds. The molecule has 0 bridgehead atoms. The summed E-state index contributed by atoms with van der Waals surface area (Å²) in [4.78, 5) is 12.2. The highest BCUT2D eigenvalue weighted by Crippen LogP contribution is 2.17. The molecule has 5 heteroatoms. The van der Waals surface area contributed by atoms with Crippen LogP contribution in [-0.2, 0) is 4.79 Å². The lowest BCUT2D eigenvalue weighted by Gasteiger charge is -2.18. The molecule has 3 N–H and O–H groups in total. The van der Waals surface area contributed by atoms with Gasteiger partial charge in [0.1, 0.15) is 0 Å². The third-order valence-corrected chi connectivity index (χ3v) is 3.33. The average molecular weight is 285 g/mol. The maximum atomic E-state index is 12.0. The van der Waals surface area contributed by atoms with Crippen LogP contribution in [0.3, 0.4) is 0 Å². The fourth-order valence-corrected chi connectivity index (χ4v) is 2.06. The number of thiocarbonyl (C=S) groups is 1.